The fourth-order valence-corrected chi connectivity index (χ4v) is 1.96. The molecule has 0 fully saturated rings. The number of ether oxygens (including phenoxy) is 2. The van der Waals surface area contributed by atoms with Crippen molar-refractivity contribution in [2.45, 2.75) is 18.9 Å². The van der Waals surface area contributed by atoms with E-state index in [0.717, 1.165) is 0 Å². The van der Waals surface area contributed by atoms with Crippen molar-refractivity contribution >= 4 is 17.6 Å². The van der Waals surface area contributed by atoms with Gasteiger partial charge in [-0.05, 0) is 18.6 Å². The summed E-state index contributed by atoms with van der Waals surface area (Å²) in [6.07, 6.45) is 0.252. The van der Waals surface area contributed by atoms with E-state index in [1.54, 1.807) is 12.1 Å². The molecule has 0 aromatic heterocycles. The first-order chi connectivity index (χ1) is 8.51. The molecule has 0 aliphatic rings. The number of hydrogen-bond donors (Lipinski definition) is 2. The Bertz CT molecular complexity index is 436. The van der Waals surface area contributed by atoms with Gasteiger partial charge in [0.1, 0.15) is 11.5 Å². The number of carbonyl (C=O) groups is 1. The van der Waals surface area contributed by atoms with Gasteiger partial charge in [0.05, 0.1) is 24.8 Å². The molecule has 1 rings (SSSR count). The summed E-state index contributed by atoms with van der Waals surface area (Å²) in [6.45, 7) is 0. The van der Waals surface area contributed by atoms with E-state index in [9.17, 15) is 4.79 Å². The monoisotopic (exact) mass is 273 g/mol. The highest BCUT2D eigenvalue weighted by Crippen LogP contribution is 2.39. The van der Waals surface area contributed by atoms with Crippen LogP contribution in [0, 0.1) is 0 Å². The summed E-state index contributed by atoms with van der Waals surface area (Å²) in [4.78, 5) is 10.6. The van der Waals surface area contributed by atoms with Gasteiger partial charge < -0.3 is 20.3 Å². The molecule has 1 aromatic rings. The molecular weight excluding hydrogens is 258 g/mol. The molecule has 0 radical (unpaired) electrons. The Kier molecular flexibility index (Phi) is 5.25. The molecule has 3 N–H and O–H groups in total. The van der Waals surface area contributed by atoms with Gasteiger partial charge in [-0.25, -0.2) is 0 Å². The molecule has 100 valence electrons. The Morgan fingerprint density at radius 1 is 1.44 bits per heavy atom. The summed E-state index contributed by atoms with van der Waals surface area (Å²) in [6, 6.07) is 2.82. The summed E-state index contributed by atoms with van der Waals surface area (Å²) in [5.41, 5.74) is 6.57. The van der Waals surface area contributed by atoms with Crippen LogP contribution in [-0.2, 0) is 4.79 Å². The fraction of sp³-hybridized carbons (Fsp3) is 0.417. The third-order valence-electron chi connectivity index (χ3n) is 2.57. The lowest BCUT2D eigenvalue weighted by Crippen LogP contribution is -2.15. The number of benzene rings is 1. The second-order valence-corrected chi connectivity index (χ2v) is 4.14. The minimum atomic E-state index is -0.898. The van der Waals surface area contributed by atoms with Crippen LogP contribution in [0.2, 0.25) is 5.02 Å². The maximum absolute atomic E-state index is 10.6. The lowest BCUT2D eigenvalue weighted by atomic mass is 10.0. The van der Waals surface area contributed by atoms with Gasteiger partial charge in [-0.3, -0.25) is 4.79 Å². The Labute approximate surface area is 110 Å². The first kappa shape index (κ1) is 14.6. The highest BCUT2D eigenvalue weighted by molar-refractivity contribution is 6.32. The molecule has 0 heterocycles. The van der Waals surface area contributed by atoms with E-state index in [1.807, 2.05) is 0 Å². The Morgan fingerprint density at radius 2 is 2.11 bits per heavy atom. The second kappa shape index (κ2) is 6.47. The van der Waals surface area contributed by atoms with Crippen LogP contribution in [0.5, 0.6) is 11.5 Å². The predicted molar refractivity (Wildman–Crippen MR) is 68.4 cm³/mol. The van der Waals surface area contributed by atoms with Gasteiger partial charge in [0.15, 0.2) is 0 Å². The van der Waals surface area contributed by atoms with Crippen LogP contribution < -0.4 is 15.2 Å². The highest BCUT2D eigenvalue weighted by Gasteiger charge is 2.20. The normalized spacial score (nSPS) is 12.0. The lowest BCUT2D eigenvalue weighted by Gasteiger charge is -2.19. The van der Waals surface area contributed by atoms with Crippen molar-refractivity contribution in [1.82, 2.24) is 0 Å². The zero-order valence-corrected chi connectivity index (χ0v) is 11.0. The summed E-state index contributed by atoms with van der Waals surface area (Å²) in [5.74, 6) is 0.0634. The predicted octanol–water partition coefficient (Wildman–Crippen LogP) is 2.22. The number of hydrogen-bond acceptors (Lipinski definition) is 4. The maximum Gasteiger partial charge on any atom is 0.303 e. The number of aliphatic carboxylic acids is 1. The molecule has 5 nitrogen and oxygen atoms in total. The number of halogens is 1. The number of carboxylic acid groups (broad SMARTS) is 1. The van der Waals surface area contributed by atoms with E-state index in [2.05, 4.69) is 0 Å². The topological polar surface area (TPSA) is 81.8 Å². The van der Waals surface area contributed by atoms with Gasteiger partial charge in [-0.1, -0.05) is 11.6 Å². The minimum Gasteiger partial charge on any atom is -0.496 e. The van der Waals surface area contributed by atoms with Crippen molar-refractivity contribution in [2.75, 3.05) is 14.2 Å². The van der Waals surface area contributed by atoms with Crippen LogP contribution in [-0.4, -0.2) is 25.3 Å². The number of nitrogens with two attached hydrogens (primary N) is 1. The number of rotatable bonds is 6. The van der Waals surface area contributed by atoms with E-state index in [1.165, 1.54) is 14.2 Å². The molecule has 0 saturated carbocycles. The summed E-state index contributed by atoms with van der Waals surface area (Å²) in [7, 11) is 2.99. The molecule has 18 heavy (non-hydrogen) atoms. The van der Waals surface area contributed by atoms with E-state index >= 15 is 0 Å². The smallest absolute Gasteiger partial charge is 0.303 e. The Hall–Kier alpha value is -1.46. The fourth-order valence-electron chi connectivity index (χ4n) is 1.71. The average molecular weight is 274 g/mol. The van der Waals surface area contributed by atoms with Crippen molar-refractivity contribution < 1.29 is 19.4 Å². The largest absolute Gasteiger partial charge is 0.496 e. The molecule has 0 saturated heterocycles. The molecule has 6 heteroatoms. The zero-order valence-electron chi connectivity index (χ0n) is 10.3. The molecule has 0 spiro atoms. The van der Waals surface area contributed by atoms with Crippen molar-refractivity contribution in [3.05, 3.63) is 22.7 Å². The number of methoxy groups -OCH3 is 2. The highest BCUT2D eigenvalue weighted by atomic mass is 35.5. The Morgan fingerprint density at radius 3 is 2.61 bits per heavy atom. The van der Waals surface area contributed by atoms with Gasteiger partial charge in [0.25, 0.3) is 0 Å². The van der Waals surface area contributed by atoms with Crippen LogP contribution >= 0.6 is 11.6 Å². The van der Waals surface area contributed by atoms with Gasteiger partial charge in [-0.15, -0.1) is 0 Å². The van der Waals surface area contributed by atoms with Crippen LogP contribution in [0.25, 0.3) is 0 Å². The molecular formula is C12H16ClNO4. The molecule has 1 unspecified atom stereocenters. The van der Waals surface area contributed by atoms with Crippen LogP contribution in [0.4, 0.5) is 0 Å². The zero-order chi connectivity index (χ0) is 13.7. The van der Waals surface area contributed by atoms with Crippen molar-refractivity contribution in [1.29, 1.82) is 0 Å². The molecule has 0 aliphatic carbocycles. The van der Waals surface area contributed by atoms with Crippen molar-refractivity contribution in [3.63, 3.8) is 0 Å². The van der Waals surface area contributed by atoms with Crippen LogP contribution in [0.1, 0.15) is 24.4 Å². The third kappa shape index (κ3) is 3.27. The lowest BCUT2D eigenvalue weighted by molar-refractivity contribution is -0.137. The first-order valence-corrected chi connectivity index (χ1v) is 5.76. The molecule has 1 aromatic carbocycles. The quantitative estimate of drug-likeness (QED) is 0.830. The van der Waals surface area contributed by atoms with E-state index < -0.39 is 12.0 Å². The van der Waals surface area contributed by atoms with E-state index in [4.69, 9.17) is 31.9 Å². The second-order valence-electron chi connectivity index (χ2n) is 3.74. The van der Waals surface area contributed by atoms with Gasteiger partial charge >= 0.3 is 5.97 Å². The summed E-state index contributed by atoms with van der Waals surface area (Å²) < 4.78 is 10.4. The molecule has 0 bridgehead atoms. The van der Waals surface area contributed by atoms with Crippen molar-refractivity contribution in [3.8, 4) is 11.5 Å². The molecule has 0 amide bonds. The van der Waals surface area contributed by atoms with Crippen LogP contribution in [0.15, 0.2) is 12.1 Å². The average Bonchev–Trinajstić information content (AvgIpc) is 2.35. The SMILES string of the molecule is COc1ccc(Cl)c(OC)c1C(N)CCC(=O)O. The van der Waals surface area contributed by atoms with E-state index in [-0.39, 0.29) is 12.8 Å². The standard InChI is InChI=1S/C12H16ClNO4/c1-17-9-5-3-7(13)12(18-2)11(9)8(14)4-6-10(15)16/h3,5,8H,4,6,14H2,1-2H3,(H,15,16). The Balaban J connectivity index is 3.10. The maximum atomic E-state index is 10.6. The van der Waals surface area contributed by atoms with Gasteiger partial charge in [0, 0.05) is 12.5 Å². The van der Waals surface area contributed by atoms with Gasteiger partial charge in [0.2, 0.25) is 0 Å². The third-order valence-corrected chi connectivity index (χ3v) is 2.87. The van der Waals surface area contributed by atoms with Gasteiger partial charge in [-0.2, -0.15) is 0 Å². The summed E-state index contributed by atoms with van der Waals surface area (Å²) >= 11 is 6.01. The molecule has 1 atom stereocenters. The molecule has 0 aliphatic heterocycles. The van der Waals surface area contributed by atoms with E-state index in [0.29, 0.717) is 22.1 Å². The minimum absolute atomic E-state index is 0.0278. The van der Waals surface area contributed by atoms with Crippen molar-refractivity contribution in [2.24, 2.45) is 5.73 Å². The first-order valence-electron chi connectivity index (χ1n) is 5.39. The summed E-state index contributed by atoms with van der Waals surface area (Å²) in [5, 5.41) is 9.09. The van der Waals surface area contributed by atoms with Crippen LogP contribution in [0.3, 0.4) is 0 Å². The number of carboxylic acids is 1.